The molecule has 0 saturated carbocycles. The highest BCUT2D eigenvalue weighted by atomic mass is 19.4. The lowest BCUT2D eigenvalue weighted by atomic mass is 10.1. The average Bonchev–Trinajstić information content (AvgIpc) is 3.31. The first-order valence-corrected chi connectivity index (χ1v) is 13.2. The number of alkyl halides is 4. The molecule has 226 valence electrons. The third-order valence-corrected chi connectivity index (χ3v) is 6.19. The number of rotatable bonds is 7. The summed E-state index contributed by atoms with van der Waals surface area (Å²) in [6.07, 6.45) is -4.58. The highest BCUT2D eigenvalue weighted by molar-refractivity contribution is 5.96. The molecule has 2 N–H and O–H groups in total. The Bertz CT molecular complexity index is 1640. The van der Waals surface area contributed by atoms with E-state index in [2.05, 4.69) is 20.7 Å². The number of nitrogens with zero attached hydrogens (tertiary/aromatic N) is 4. The van der Waals surface area contributed by atoms with Crippen molar-refractivity contribution in [3.05, 3.63) is 66.4 Å². The highest BCUT2D eigenvalue weighted by Gasteiger charge is 2.32. The second-order valence-electron chi connectivity index (χ2n) is 10.9. The van der Waals surface area contributed by atoms with Gasteiger partial charge in [0.1, 0.15) is 17.5 Å². The topological polar surface area (TPSA) is 110 Å². The summed E-state index contributed by atoms with van der Waals surface area (Å²) < 4.78 is 63.8. The lowest BCUT2D eigenvalue weighted by Crippen LogP contribution is -2.51. The molecule has 5 rings (SSSR count). The van der Waals surface area contributed by atoms with Gasteiger partial charge in [-0.1, -0.05) is 12.1 Å². The summed E-state index contributed by atoms with van der Waals surface area (Å²) in [4.78, 5) is 30.2. The van der Waals surface area contributed by atoms with Crippen LogP contribution in [0.5, 0.6) is 5.75 Å². The Hall–Kier alpha value is -4.88. The van der Waals surface area contributed by atoms with Gasteiger partial charge in [-0.2, -0.15) is 18.2 Å². The molecule has 0 spiro atoms. The first kappa shape index (κ1) is 29.6. The lowest BCUT2D eigenvalue weighted by Gasteiger charge is -2.34. The molecular formula is C29H28F4N6O4. The molecule has 2 amide bonds. The van der Waals surface area contributed by atoms with Gasteiger partial charge in [0.05, 0.1) is 18.8 Å². The molecule has 3 heterocycles. The molecule has 1 saturated heterocycles. The van der Waals surface area contributed by atoms with Crippen molar-refractivity contribution in [2.24, 2.45) is 0 Å². The van der Waals surface area contributed by atoms with Crippen molar-refractivity contribution in [2.45, 2.75) is 38.7 Å². The van der Waals surface area contributed by atoms with E-state index in [9.17, 15) is 27.2 Å². The molecule has 0 bridgehead atoms. The number of hydrogen-bond acceptors (Lipinski definition) is 7. The van der Waals surface area contributed by atoms with Crippen LogP contribution in [0.4, 0.5) is 39.7 Å². The number of carbonyl (C=O) groups is 2. The zero-order valence-corrected chi connectivity index (χ0v) is 23.4. The van der Waals surface area contributed by atoms with Crippen LogP contribution >= 0.6 is 0 Å². The van der Waals surface area contributed by atoms with Crippen molar-refractivity contribution in [3.8, 4) is 16.9 Å². The molecule has 4 aromatic rings. The summed E-state index contributed by atoms with van der Waals surface area (Å²) in [5.74, 6) is -0.669. The van der Waals surface area contributed by atoms with Crippen LogP contribution in [0.1, 0.15) is 31.1 Å². The molecule has 0 atom stereocenters. The van der Waals surface area contributed by atoms with Gasteiger partial charge in [-0.25, -0.2) is 13.7 Å². The lowest BCUT2D eigenvalue weighted by molar-refractivity contribution is -0.153. The van der Waals surface area contributed by atoms with Crippen molar-refractivity contribution < 1.29 is 36.6 Å². The number of anilines is 3. The Labute approximate surface area is 243 Å². The summed E-state index contributed by atoms with van der Waals surface area (Å²) in [6, 6.07) is 14.6. The van der Waals surface area contributed by atoms with E-state index < -0.39 is 36.6 Å². The first-order chi connectivity index (χ1) is 20.2. The quantitative estimate of drug-likeness (QED) is 0.242. The number of aromatic nitrogens is 3. The maximum absolute atomic E-state index is 13.2. The third-order valence-electron chi connectivity index (χ3n) is 6.19. The van der Waals surface area contributed by atoms with E-state index in [4.69, 9.17) is 9.47 Å². The van der Waals surface area contributed by atoms with Crippen LogP contribution in [-0.4, -0.2) is 69.1 Å². The van der Waals surface area contributed by atoms with E-state index in [1.807, 2.05) is 18.2 Å². The van der Waals surface area contributed by atoms with Crippen molar-refractivity contribution in [3.63, 3.8) is 0 Å². The highest BCUT2D eigenvalue weighted by Crippen LogP contribution is 2.31. The number of amides is 2. The zero-order valence-electron chi connectivity index (χ0n) is 23.4. The minimum atomic E-state index is -4.61. The number of halogens is 4. The smallest absolute Gasteiger partial charge is 0.422 e. The molecule has 43 heavy (non-hydrogen) atoms. The maximum Gasteiger partial charge on any atom is 0.422 e. The van der Waals surface area contributed by atoms with Crippen LogP contribution in [0, 0.1) is 0 Å². The van der Waals surface area contributed by atoms with Crippen LogP contribution in [0.2, 0.25) is 0 Å². The summed E-state index contributed by atoms with van der Waals surface area (Å²) in [6.45, 7) is 3.59. The second kappa shape index (κ2) is 11.4. The molecule has 2 aromatic heterocycles. The van der Waals surface area contributed by atoms with E-state index in [-0.39, 0.29) is 36.0 Å². The van der Waals surface area contributed by atoms with E-state index in [0.29, 0.717) is 11.3 Å². The van der Waals surface area contributed by atoms with Gasteiger partial charge in [-0.3, -0.25) is 10.1 Å². The van der Waals surface area contributed by atoms with E-state index >= 15 is 0 Å². The van der Waals surface area contributed by atoms with Crippen LogP contribution < -0.4 is 15.4 Å². The SMILES string of the molecule is CC(C)(C)OC(=O)Nc1ccc(-c2ccc3nc(Nc4ccc(C(=O)N5CC(F)C5)cc4OCC(F)(F)F)nn3c2)cc1. The van der Waals surface area contributed by atoms with Crippen LogP contribution in [0.3, 0.4) is 0 Å². The number of ether oxygens (including phenoxy) is 2. The Morgan fingerprint density at radius 3 is 2.35 bits per heavy atom. The summed E-state index contributed by atoms with van der Waals surface area (Å²) in [5, 5.41) is 9.91. The number of carbonyl (C=O) groups excluding carboxylic acids is 2. The van der Waals surface area contributed by atoms with Gasteiger partial charge < -0.3 is 19.7 Å². The Balaban J connectivity index is 1.33. The normalized spacial score (nSPS) is 13.9. The molecular weight excluding hydrogens is 572 g/mol. The molecule has 14 heteroatoms. The van der Waals surface area contributed by atoms with Gasteiger partial charge in [0.15, 0.2) is 12.3 Å². The number of benzene rings is 2. The Morgan fingerprint density at radius 2 is 1.70 bits per heavy atom. The van der Waals surface area contributed by atoms with E-state index in [1.54, 1.807) is 45.2 Å². The molecule has 0 aliphatic carbocycles. The minimum Gasteiger partial charge on any atom is -0.482 e. The second-order valence-corrected chi connectivity index (χ2v) is 10.9. The number of likely N-dealkylation sites (tertiary alicyclic amines) is 1. The molecule has 1 aliphatic heterocycles. The molecule has 10 nitrogen and oxygen atoms in total. The van der Waals surface area contributed by atoms with Crippen LogP contribution in [-0.2, 0) is 4.74 Å². The van der Waals surface area contributed by atoms with Gasteiger partial charge in [0.25, 0.3) is 5.91 Å². The van der Waals surface area contributed by atoms with Gasteiger partial charge in [-0.05, 0) is 68.8 Å². The first-order valence-electron chi connectivity index (χ1n) is 13.2. The van der Waals surface area contributed by atoms with Gasteiger partial charge in [0.2, 0.25) is 5.95 Å². The predicted octanol–water partition coefficient (Wildman–Crippen LogP) is 6.22. The fraction of sp³-hybridized carbons (Fsp3) is 0.310. The zero-order chi connectivity index (χ0) is 30.9. The largest absolute Gasteiger partial charge is 0.482 e. The summed E-state index contributed by atoms with van der Waals surface area (Å²) in [5.41, 5.74) is 2.17. The van der Waals surface area contributed by atoms with Gasteiger partial charge in [-0.15, -0.1) is 5.10 Å². The fourth-order valence-electron chi connectivity index (χ4n) is 4.21. The Kier molecular flexibility index (Phi) is 7.86. The molecule has 1 fully saturated rings. The maximum atomic E-state index is 13.2. The molecule has 0 unspecified atom stereocenters. The molecule has 2 aromatic carbocycles. The molecule has 0 radical (unpaired) electrons. The van der Waals surface area contributed by atoms with Crippen LogP contribution in [0.15, 0.2) is 60.8 Å². The minimum absolute atomic E-state index is 0.0644. The predicted molar refractivity (Wildman–Crippen MR) is 150 cm³/mol. The average molecular weight is 601 g/mol. The third kappa shape index (κ3) is 7.50. The van der Waals surface area contributed by atoms with Crippen LogP contribution in [0.25, 0.3) is 16.8 Å². The summed E-state index contributed by atoms with van der Waals surface area (Å²) >= 11 is 0. The van der Waals surface area contributed by atoms with Gasteiger partial charge in [0, 0.05) is 23.0 Å². The van der Waals surface area contributed by atoms with Crippen molar-refractivity contribution in [1.82, 2.24) is 19.5 Å². The monoisotopic (exact) mass is 600 g/mol. The number of pyridine rings is 1. The van der Waals surface area contributed by atoms with E-state index in [1.165, 1.54) is 27.6 Å². The van der Waals surface area contributed by atoms with E-state index in [0.717, 1.165) is 11.1 Å². The standard InChI is InChI=1S/C29H28F4N6O4/c1-28(2,3)43-27(41)34-21-8-4-17(5-9-21)19-7-11-24-36-26(37-39(24)13-19)35-22-10-6-18(25(40)38-14-20(30)15-38)12-23(22)42-16-29(31,32)33/h4-13,20H,14-16H2,1-3H3,(H,34,41)(H,35,37). The Morgan fingerprint density at radius 1 is 1.00 bits per heavy atom. The number of fused-ring (bicyclic) bond motifs is 1. The van der Waals surface area contributed by atoms with Gasteiger partial charge >= 0.3 is 12.3 Å². The summed E-state index contributed by atoms with van der Waals surface area (Å²) in [7, 11) is 0. The van der Waals surface area contributed by atoms with Crippen molar-refractivity contribution in [1.29, 1.82) is 0 Å². The molecule has 1 aliphatic rings. The van der Waals surface area contributed by atoms with Crippen molar-refractivity contribution in [2.75, 3.05) is 30.3 Å². The number of hydrogen-bond donors (Lipinski definition) is 2. The van der Waals surface area contributed by atoms with Crippen molar-refractivity contribution >= 4 is 35.0 Å². The number of nitrogens with one attached hydrogen (secondary N) is 2. The fourth-order valence-corrected chi connectivity index (χ4v) is 4.21.